The zero-order valence-corrected chi connectivity index (χ0v) is 15.3. The molecule has 1 saturated carbocycles. The van der Waals surface area contributed by atoms with Gasteiger partial charge in [-0.05, 0) is 43.2 Å². The van der Waals surface area contributed by atoms with Crippen LogP contribution < -0.4 is 5.32 Å². The van der Waals surface area contributed by atoms with Crippen molar-refractivity contribution in [2.45, 2.75) is 66.0 Å². The summed E-state index contributed by atoms with van der Waals surface area (Å²) in [5, 5.41) is 12.1. The molecular weight excluding hydrogens is 298 g/mol. The zero-order valence-electron chi connectivity index (χ0n) is 15.3. The van der Waals surface area contributed by atoms with Crippen LogP contribution in [0.5, 0.6) is 0 Å². The van der Waals surface area contributed by atoms with Crippen LogP contribution in [0.3, 0.4) is 0 Å². The van der Waals surface area contributed by atoms with Gasteiger partial charge in [-0.2, -0.15) is 0 Å². The molecule has 4 nitrogen and oxygen atoms in total. The maximum atomic E-state index is 5.84. The summed E-state index contributed by atoms with van der Waals surface area (Å²) in [7, 11) is 0. The summed E-state index contributed by atoms with van der Waals surface area (Å²) < 4.78 is 5.84. The van der Waals surface area contributed by atoms with Crippen LogP contribution >= 0.6 is 0 Å². The third kappa shape index (κ3) is 4.04. The van der Waals surface area contributed by atoms with Crippen molar-refractivity contribution in [2.75, 3.05) is 0 Å². The minimum absolute atomic E-state index is 0.333. The smallest absolute Gasteiger partial charge is 0.247 e. The molecule has 1 heterocycles. The second kappa shape index (κ2) is 7.06. The van der Waals surface area contributed by atoms with E-state index in [1.807, 2.05) is 12.1 Å². The molecule has 1 aliphatic rings. The predicted molar refractivity (Wildman–Crippen MR) is 96.5 cm³/mol. The highest BCUT2D eigenvalue weighted by atomic mass is 16.4. The van der Waals surface area contributed by atoms with Crippen LogP contribution in [0, 0.1) is 18.3 Å². The van der Waals surface area contributed by atoms with E-state index in [2.05, 4.69) is 55.3 Å². The van der Waals surface area contributed by atoms with E-state index in [9.17, 15) is 0 Å². The summed E-state index contributed by atoms with van der Waals surface area (Å²) in [5.74, 6) is 1.97. The fraction of sp³-hybridized carbons (Fsp3) is 0.600. The molecule has 1 aromatic carbocycles. The first-order valence-corrected chi connectivity index (χ1v) is 9.06. The Hall–Kier alpha value is -1.68. The minimum Gasteiger partial charge on any atom is -0.419 e. The van der Waals surface area contributed by atoms with Gasteiger partial charge < -0.3 is 9.73 Å². The van der Waals surface area contributed by atoms with Gasteiger partial charge in [0.15, 0.2) is 0 Å². The highest BCUT2D eigenvalue weighted by Gasteiger charge is 2.33. The highest BCUT2D eigenvalue weighted by molar-refractivity contribution is 5.52. The lowest BCUT2D eigenvalue weighted by atomic mass is 9.69. The largest absolute Gasteiger partial charge is 0.419 e. The predicted octanol–water partition coefficient (Wildman–Crippen LogP) is 4.74. The van der Waals surface area contributed by atoms with Crippen LogP contribution in [0.15, 0.2) is 28.7 Å². The Bertz CT molecular complexity index is 654. The highest BCUT2D eigenvalue weighted by Crippen LogP contribution is 2.38. The van der Waals surface area contributed by atoms with Crippen molar-refractivity contribution >= 4 is 0 Å². The van der Waals surface area contributed by atoms with Gasteiger partial charge in [-0.25, -0.2) is 0 Å². The third-order valence-corrected chi connectivity index (χ3v) is 5.16. The Morgan fingerprint density at radius 3 is 2.50 bits per heavy atom. The molecule has 1 fully saturated rings. The summed E-state index contributed by atoms with van der Waals surface area (Å²) >= 11 is 0. The molecule has 1 aliphatic carbocycles. The lowest BCUT2D eigenvalue weighted by molar-refractivity contribution is 0.128. The Morgan fingerprint density at radius 2 is 1.79 bits per heavy atom. The van der Waals surface area contributed by atoms with Crippen molar-refractivity contribution in [2.24, 2.45) is 11.3 Å². The van der Waals surface area contributed by atoms with Crippen molar-refractivity contribution in [3.05, 3.63) is 35.7 Å². The standard InChI is InChI=1S/C20H29N3O/c1-14-9-11-15(12-10-14)19-23-22-18(24-19)13-21-17-8-6-5-7-16(17)20(2,3)4/h9-12,16-17,21H,5-8,13H2,1-4H3. The molecule has 1 N–H and O–H groups in total. The number of hydrogen-bond acceptors (Lipinski definition) is 4. The normalized spacial score (nSPS) is 21.8. The lowest BCUT2D eigenvalue weighted by Crippen LogP contribution is -2.43. The summed E-state index contributed by atoms with van der Waals surface area (Å²) in [5.41, 5.74) is 2.54. The van der Waals surface area contributed by atoms with Crippen LogP contribution in [0.1, 0.15) is 57.9 Å². The Labute approximate surface area is 145 Å². The van der Waals surface area contributed by atoms with Crippen molar-refractivity contribution < 1.29 is 4.42 Å². The second-order valence-electron chi connectivity index (χ2n) is 8.11. The molecule has 2 atom stereocenters. The SMILES string of the molecule is Cc1ccc(-c2nnc(CNC3CCCCC3C(C)(C)C)o2)cc1. The van der Waals surface area contributed by atoms with Crippen molar-refractivity contribution in [1.29, 1.82) is 0 Å². The maximum Gasteiger partial charge on any atom is 0.247 e. The second-order valence-corrected chi connectivity index (χ2v) is 8.11. The van der Waals surface area contributed by atoms with E-state index in [0.717, 1.165) is 5.56 Å². The molecule has 3 rings (SSSR count). The van der Waals surface area contributed by atoms with E-state index >= 15 is 0 Å². The van der Waals surface area contributed by atoms with E-state index in [0.29, 0.717) is 35.7 Å². The average molecular weight is 327 g/mol. The van der Waals surface area contributed by atoms with E-state index in [1.165, 1.54) is 31.2 Å². The summed E-state index contributed by atoms with van der Waals surface area (Å²) in [4.78, 5) is 0. The fourth-order valence-corrected chi connectivity index (χ4v) is 3.77. The first-order chi connectivity index (χ1) is 11.4. The Kier molecular flexibility index (Phi) is 5.04. The van der Waals surface area contributed by atoms with Gasteiger partial charge in [0.05, 0.1) is 6.54 Å². The molecule has 0 saturated heterocycles. The molecule has 0 bridgehead atoms. The van der Waals surface area contributed by atoms with Crippen LogP contribution in [0.4, 0.5) is 0 Å². The van der Waals surface area contributed by atoms with Gasteiger partial charge in [0.25, 0.3) is 0 Å². The molecule has 130 valence electrons. The van der Waals surface area contributed by atoms with Gasteiger partial charge in [0, 0.05) is 11.6 Å². The number of benzene rings is 1. The Balaban J connectivity index is 1.63. The summed E-state index contributed by atoms with van der Waals surface area (Å²) in [6.45, 7) is 9.76. The molecule has 0 spiro atoms. The van der Waals surface area contributed by atoms with Gasteiger partial charge in [0.1, 0.15) is 0 Å². The van der Waals surface area contributed by atoms with Crippen molar-refractivity contribution in [1.82, 2.24) is 15.5 Å². The number of nitrogens with one attached hydrogen (secondary N) is 1. The zero-order chi connectivity index (χ0) is 17.2. The number of rotatable bonds is 4. The number of aromatic nitrogens is 2. The quantitative estimate of drug-likeness (QED) is 0.881. The first-order valence-electron chi connectivity index (χ1n) is 9.06. The topological polar surface area (TPSA) is 51.0 Å². The van der Waals surface area contributed by atoms with E-state index in [4.69, 9.17) is 4.42 Å². The lowest BCUT2D eigenvalue weighted by Gasteiger charge is -2.40. The van der Waals surface area contributed by atoms with Gasteiger partial charge in [-0.3, -0.25) is 0 Å². The number of hydrogen-bond donors (Lipinski definition) is 1. The molecule has 4 heteroatoms. The van der Waals surface area contributed by atoms with Gasteiger partial charge in [0.2, 0.25) is 11.8 Å². The fourth-order valence-electron chi connectivity index (χ4n) is 3.77. The molecule has 2 unspecified atom stereocenters. The number of aryl methyl sites for hydroxylation is 1. The molecule has 0 aliphatic heterocycles. The van der Waals surface area contributed by atoms with Crippen LogP contribution in [0.25, 0.3) is 11.5 Å². The summed E-state index contributed by atoms with van der Waals surface area (Å²) in [6, 6.07) is 8.71. The molecule has 24 heavy (non-hydrogen) atoms. The average Bonchev–Trinajstić information content (AvgIpc) is 3.02. The van der Waals surface area contributed by atoms with Gasteiger partial charge in [-0.1, -0.05) is 51.3 Å². The molecule has 0 amide bonds. The molecule has 2 aromatic rings. The van der Waals surface area contributed by atoms with Gasteiger partial charge in [-0.15, -0.1) is 10.2 Å². The number of nitrogens with zero attached hydrogens (tertiary/aromatic N) is 2. The van der Waals surface area contributed by atoms with Crippen LogP contribution in [-0.2, 0) is 6.54 Å². The molecule has 0 radical (unpaired) electrons. The summed E-state index contributed by atoms with van der Waals surface area (Å²) in [6.07, 6.45) is 5.20. The monoisotopic (exact) mass is 327 g/mol. The van der Waals surface area contributed by atoms with Crippen molar-refractivity contribution in [3.8, 4) is 11.5 Å². The minimum atomic E-state index is 0.333. The molecular formula is C20H29N3O. The third-order valence-electron chi connectivity index (χ3n) is 5.16. The van der Waals surface area contributed by atoms with Gasteiger partial charge >= 0.3 is 0 Å². The molecule has 1 aromatic heterocycles. The van der Waals surface area contributed by atoms with E-state index in [1.54, 1.807) is 0 Å². The van der Waals surface area contributed by atoms with Crippen molar-refractivity contribution in [3.63, 3.8) is 0 Å². The Morgan fingerprint density at radius 1 is 1.08 bits per heavy atom. The van der Waals surface area contributed by atoms with Crippen LogP contribution in [-0.4, -0.2) is 16.2 Å². The van der Waals surface area contributed by atoms with E-state index < -0.39 is 0 Å². The maximum absolute atomic E-state index is 5.84. The first kappa shape index (κ1) is 17.2. The van der Waals surface area contributed by atoms with Crippen LogP contribution in [0.2, 0.25) is 0 Å². The van der Waals surface area contributed by atoms with E-state index in [-0.39, 0.29) is 0 Å².